The molecule has 1 N–H and O–H groups in total. The second kappa shape index (κ2) is 8.91. The van der Waals surface area contributed by atoms with Crippen LogP contribution in [0.25, 0.3) is 5.70 Å². The summed E-state index contributed by atoms with van der Waals surface area (Å²) in [7, 11) is 0. The predicted octanol–water partition coefficient (Wildman–Crippen LogP) is 7.50. The molecule has 0 atom stereocenters. The van der Waals surface area contributed by atoms with Gasteiger partial charge in [-0.2, -0.15) is 0 Å². The van der Waals surface area contributed by atoms with Crippen molar-refractivity contribution in [3.63, 3.8) is 0 Å². The van der Waals surface area contributed by atoms with E-state index >= 15 is 0 Å². The van der Waals surface area contributed by atoms with Crippen LogP contribution in [0.1, 0.15) is 5.56 Å². The van der Waals surface area contributed by atoms with Gasteiger partial charge in [0.05, 0.1) is 5.69 Å². The molecule has 26 heavy (non-hydrogen) atoms. The van der Waals surface area contributed by atoms with E-state index in [-0.39, 0.29) is 0 Å². The van der Waals surface area contributed by atoms with Crippen molar-refractivity contribution < 1.29 is 0 Å². The van der Waals surface area contributed by atoms with Gasteiger partial charge in [0.1, 0.15) is 0 Å². The maximum atomic E-state index is 6.00. The molecule has 0 aliphatic heterocycles. The number of nitrogens with one attached hydrogen (secondary N) is 1. The maximum absolute atomic E-state index is 6.00. The molecule has 0 heterocycles. The summed E-state index contributed by atoms with van der Waals surface area (Å²) in [6.45, 7) is 0. The van der Waals surface area contributed by atoms with Gasteiger partial charge in [-0.05, 0) is 72.3 Å². The van der Waals surface area contributed by atoms with Crippen LogP contribution in [0.4, 0.5) is 11.4 Å². The topological polar surface area (TPSA) is 24.4 Å². The van der Waals surface area contributed by atoms with Crippen molar-refractivity contribution in [3.05, 3.63) is 99.5 Å². The summed E-state index contributed by atoms with van der Waals surface area (Å²) < 4.78 is 0. The third-order valence-electron chi connectivity index (χ3n) is 3.57. The van der Waals surface area contributed by atoms with Crippen LogP contribution >= 0.6 is 34.8 Å². The van der Waals surface area contributed by atoms with E-state index in [0.29, 0.717) is 15.1 Å². The highest BCUT2D eigenvalue weighted by Gasteiger charge is 2.02. The van der Waals surface area contributed by atoms with Gasteiger partial charge in [0.15, 0.2) is 0 Å². The van der Waals surface area contributed by atoms with E-state index < -0.39 is 0 Å². The molecule has 0 aliphatic carbocycles. The first-order valence-electron chi connectivity index (χ1n) is 7.88. The first-order chi connectivity index (χ1) is 12.6. The van der Waals surface area contributed by atoms with Gasteiger partial charge < -0.3 is 5.32 Å². The summed E-state index contributed by atoms with van der Waals surface area (Å²) in [6, 6.07) is 22.5. The van der Waals surface area contributed by atoms with Crippen molar-refractivity contribution in [2.24, 2.45) is 4.99 Å². The van der Waals surface area contributed by atoms with Crippen molar-refractivity contribution in [1.82, 2.24) is 0 Å². The molecule has 0 amide bonds. The van der Waals surface area contributed by atoms with Crippen molar-refractivity contribution in [1.29, 1.82) is 0 Å². The van der Waals surface area contributed by atoms with Crippen LogP contribution in [-0.2, 0) is 0 Å². The second-order valence-corrected chi connectivity index (χ2v) is 6.78. The molecule has 0 spiro atoms. The normalized spacial score (nSPS) is 11.7. The number of allylic oxidation sites excluding steroid dienone is 1. The molecule has 0 saturated carbocycles. The zero-order valence-electron chi connectivity index (χ0n) is 13.7. The Labute approximate surface area is 167 Å². The van der Waals surface area contributed by atoms with Gasteiger partial charge in [0.25, 0.3) is 0 Å². The fourth-order valence-corrected chi connectivity index (χ4v) is 2.63. The van der Waals surface area contributed by atoms with Crippen LogP contribution < -0.4 is 5.32 Å². The molecular formula is C21H15Cl3N2. The van der Waals surface area contributed by atoms with Gasteiger partial charge in [0, 0.05) is 32.7 Å². The average Bonchev–Trinajstić information content (AvgIpc) is 2.65. The second-order valence-electron chi connectivity index (χ2n) is 5.47. The van der Waals surface area contributed by atoms with Crippen LogP contribution in [0.15, 0.2) is 83.9 Å². The summed E-state index contributed by atoms with van der Waals surface area (Å²) in [5, 5.41) is 5.45. The molecule has 0 saturated heterocycles. The van der Waals surface area contributed by atoms with Gasteiger partial charge >= 0.3 is 0 Å². The van der Waals surface area contributed by atoms with Crippen LogP contribution in [0.2, 0.25) is 15.1 Å². The molecule has 2 nitrogen and oxygen atoms in total. The minimum Gasteiger partial charge on any atom is -0.355 e. The Hall–Kier alpha value is -2.26. The molecular weight excluding hydrogens is 387 g/mol. The predicted molar refractivity (Wildman–Crippen MR) is 114 cm³/mol. The number of hydrogen-bond acceptors (Lipinski definition) is 2. The number of anilines is 1. The smallest absolute Gasteiger partial charge is 0.0630 e. The molecule has 0 bridgehead atoms. The Bertz CT molecular complexity index is 913. The van der Waals surface area contributed by atoms with Gasteiger partial charge in [-0.3, -0.25) is 4.99 Å². The Morgan fingerprint density at radius 1 is 0.692 bits per heavy atom. The van der Waals surface area contributed by atoms with Gasteiger partial charge in [-0.25, -0.2) is 0 Å². The monoisotopic (exact) mass is 400 g/mol. The van der Waals surface area contributed by atoms with E-state index in [0.717, 1.165) is 22.6 Å². The number of nitrogens with zero attached hydrogens (tertiary/aromatic N) is 1. The van der Waals surface area contributed by atoms with E-state index in [2.05, 4.69) is 10.3 Å². The Morgan fingerprint density at radius 2 is 1.19 bits per heavy atom. The van der Waals surface area contributed by atoms with E-state index in [9.17, 15) is 0 Å². The third-order valence-corrected chi connectivity index (χ3v) is 4.33. The molecule has 5 heteroatoms. The van der Waals surface area contributed by atoms with E-state index in [1.54, 1.807) is 6.21 Å². The lowest BCUT2D eigenvalue weighted by Crippen LogP contribution is -1.99. The molecule has 0 radical (unpaired) electrons. The summed E-state index contributed by atoms with van der Waals surface area (Å²) in [5.41, 5.74) is 3.64. The summed E-state index contributed by atoms with van der Waals surface area (Å²) in [5.74, 6) is 0. The Balaban J connectivity index is 1.87. The third kappa shape index (κ3) is 5.37. The summed E-state index contributed by atoms with van der Waals surface area (Å²) in [6.07, 6.45) is 3.66. The zero-order valence-corrected chi connectivity index (χ0v) is 15.9. The van der Waals surface area contributed by atoms with Crippen molar-refractivity contribution in [2.75, 3.05) is 5.32 Å². The minimum atomic E-state index is 0.686. The lowest BCUT2D eigenvalue weighted by molar-refractivity contribution is 1.52. The quantitative estimate of drug-likeness (QED) is 0.440. The maximum Gasteiger partial charge on any atom is 0.0630 e. The molecule has 3 rings (SSSR count). The van der Waals surface area contributed by atoms with Crippen molar-refractivity contribution in [3.8, 4) is 0 Å². The SMILES string of the molecule is Clc1ccc(N=C/C=C(\Nc2ccc(Cl)cc2)c2ccc(Cl)cc2)cc1. The van der Waals surface area contributed by atoms with Gasteiger partial charge in [0.2, 0.25) is 0 Å². The first kappa shape index (κ1) is 18.5. The molecule has 3 aromatic rings. The molecule has 3 aromatic carbocycles. The molecule has 0 unspecified atom stereocenters. The Kier molecular flexibility index (Phi) is 6.35. The molecule has 0 fully saturated rings. The highest BCUT2D eigenvalue weighted by Crippen LogP contribution is 2.22. The Morgan fingerprint density at radius 3 is 1.77 bits per heavy atom. The van der Waals surface area contributed by atoms with Crippen molar-refractivity contribution >= 4 is 58.1 Å². The lowest BCUT2D eigenvalue weighted by Gasteiger charge is -2.11. The summed E-state index contributed by atoms with van der Waals surface area (Å²) in [4.78, 5) is 4.44. The average molecular weight is 402 g/mol. The van der Waals surface area contributed by atoms with E-state index in [4.69, 9.17) is 34.8 Å². The van der Waals surface area contributed by atoms with Crippen LogP contribution in [0, 0.1) is 0 Å². The van der Waals surface area contributed by atoms with Crippen LogP contribution in [0.3, 0.4) is 0 Å². The zero-order chi connectivity index (χ0) is 18.4. The van der Waals surface area contributed by atoms with E-state index in [1.807, 2.05) is 78.9 Å². The minimum absolute atomic E-state index is 0.686. The first-order valence-corrected chi connectivity index (χ1v) is 9.02. The number of benzene rings is 3. The van der Waals surface area contributed by atoms with E-state index in [1.165, 1.54) is 0 Å². The highest BCUT2D eigenvalue weighted by atomic mass is 35.5. The number of aliphatic imine (C=N–C) groups is 1. The van der Waals surface area contributed by atoms with Gasteiger partial charge in [-0.15, -0.1) is 0 Å². The molecule has 0 aromatic heterocycles. The number of hydrogen-bond donors (Lipinski definition) is 1. The van der Waals surface area contributed by atoms with Crippen LogP contribution in [0.5, 0.6) is 0 Å². The lowest BCUT2D eigenvalue weighted by atomic mass is 10.1. The molecule has 130 valence electrons. The fraction of sp³-hybridized carbons (Fsp3) is 0. The largest absolute Gasteiger partial charge is 0.355 e. The number of rotatable bonds is 5. The van der Waals surface area contributed by atoms with Gasteiger partial charge in [-0.1, -0.05) is 46.9 Å². The standard InChI is InChI=1S/C21H15Cl3N2/c22-16-3-1-15(2-4-16)21(26-20-11-7-18(24)8-12-20)13-14-25-19-9-5-17(23)6-10-19/h1-14,26H/b21-13-,25-14?. The highest BCUT2D eigenvalue weighted by molar-refractivity contribution is 6.31. The fourth-order valence-electron chi connectivity index (χ4n) is 2.25. The summed E-state index contributed by atoms with van der Waals surface area (Å²) >= 11 is 17.9. The molecule has 0 aliphatic rings. The van der Waals surface area contributed by atoms with Crippen molar-refractivity contribution in [2.45, 2.75) is 0 Å². The number of halogens is 3. The van der Waals surface area contributed by atoms with Crippen LogP contribution in [-0.4, -0.2) is 6.21 Å².